The molecule has 1 saturated heterocycles. The average Bonchev–Trinajstić information content (AvgIpc) is 3.52. The highest BCUT2D eigenvalue weighted by molar-refractivity contribution is 7.17. The van der Waals surface area contributed by atoms with E-state index >= 15 is 0 Å². The number of hydrogen-bond donors (Lipinski definition) is 1. The fraction of sp³-hybridized carbons (Fsp3) is 0.188. The maximum Gasteiger partial charge on any atom is 0.350 e. The Balaban J connectivity index is 1.61. The van der Waals surface area contributed by atoms with Gasteiger partial charge in [-0.1, -0.05) is 53.8 Å². The van der Waals surface area contributed by atoms with Crippen molar-refractivity contribution < 1.29 is 33.7 Å². The molecule has 0 radical (unpaired) electrons. The van der Waals surface area contributed by atoms with Gasteiger partial charge in [-0.3, -0.25) is 14.5 Å². The van der Waals surface area contributed by atoms with Gasteiger partial charge in [0.1, 0.15) is 28.7 Å². The number of Topliss-reactive ketones (excluding diaryl/α,β-unsaturated/α-hetero) is 1. The summed E-state index contributed by atoms with van der Waals surface area (Å²) in [6.45, 7) is 4.26. The van der Waals surface area contributed by atoms with E-state index in [4.69, 9.17) is 14.2 Å². The summed E-state index contributed by atoms with van der Waals surface area (Å²) >= 11 is 0.938. The van der Waals surface area contributed by atoms with Gasteiger partial charge >= 0.3 is 11.9 Å². The molecule has 1 aliphatic heterocycles. The third kappa shape index (κ3) is 5.61. The zero-order chi connectivity index (χ0) is 29.8. The maximum atomic E-state index is 13.6. The lowest BCUT2D eigenvalue weighted by Crippen LogP contribution is -2.29. The second-order valence-electron chi connectivity index (χ2n) is 9.38. The number of methoxy groups -OCH3 is 1. The Bertz CT molecular complexity index is 1660. The van der Waals surface area contributed by atoms with Gasteiger partial charge in [0, 0.05) is 5.56 Å². The first-order valence-electron chi connectivity index (χ1n) is 13.2. The number of aromatic nitrogens is 1. The Morgan fingerprint density at radius 2 is 1.71 bits per heavy atom. The van der Waals surface area contributed by atoms with Crippen LogP contribution in [-0.2, 0) is 20.9 Å². The molecule has 1 unspecified atom stereocenters. The van der Waals surface area contributed by atoms with Crippen LogP contribution < -0.4 is 14.4 Å². The van der Waals surface area contributed by atoms with E-state index in [9.17, 15) is 19.5 Å². The molecule has 42 heavy (non-hydrogen) atoms. The molecule has 0 saturated carbocycles. The van der Waals surface area contributed by atoms with E-state index in [1.54, 1.807) is 55.5 Å². The van der Waals surface area contributed by atoms with Crippen molar-refractivity contribution in [2.45, 2.75) is 26.5 Å². The molecule has 2 heterocycles. The van der Waals surface area contributed by atoms with Gasteiger partial charge in [0.05, 0.1) is 31.0 Å². The molecule has 1 aromatic heterocycles. The highest BCUT2D eigenvalue weighted by Crippen LogP contribution is 2.44. The Hall–Kier alpha value is -4.96. The quantitative estimate of drug-likeness (QED) is 0.113. The lowest BCUT2D eigenvalue weighted by molar-refractivity contribution is -0.132. The van der Waals surface area contributed by atoms with Gasteiger partial charge in [0.25, 0.3) is 5.78 Å². The molecule has 9 nitrogen and oxygen atoms in total. The Kier molecular flexibility index (Phi) is 8.35. The first-order chi connectivity index (χ1) is 20.3. The zero-order valence-electron chi connectivity index (χ0n) is 23.2. The molecule has 3 aromatic carbocycles. The summed E-state index contributed by atoms with van der Waals surface area (Å²) in [5.41, 5.74) is 2.06. The van der Waals surface area contributed by atoms with Gasteiger partial charge in [-0.05, 0) is 61.4 Å². The highest BCUT2D eigenvalue weighted by atomic mass is 32.1. The number of rotatable bonds is 9. The van der Waals surface area contributed by atoms with Gasteiger partial charge in [0.15, 0.2) is 5.13 Å². The summed E-state index contributed by atoms with van der Waals surface area (Å²) in [4.78, 5) is 45.3. The summed E-state index contributed by atoms with van der Waals surface area (Å²) in [7, 11) is 1.26. The molecule has 4 aromatic rings. The first kappa shape index (κ1) is 28.6. The van der Waals surface area contributed by atoms with Crippen molar-refractivity contribution >= 4 is 39.9 Å². The van der Waals surface area contributed by atoms with Crippen LogP contribution in [0, 0.1) is 6.92 Å². The van der Waals surface area contributed by atoms with Crippen LogP contribution in [0.3, 0.4) is 0 Å². The maximum absolute atomic E-state index is 13.6. The Morgan fingerprint density at radius 1 is 0.976 bits per heavy atom. The largest absolute Gasteiger partial charge is 0.507 e. The van der Waals surface area contributed by atoms with Crippen LogP contribution in [0.2, 0.25) is 0 Å². The van der Waals surface area contributed by atoms with E-state index in [0.717, 1.165) is 16.9 Å². The Labute approximate surface area is 246 Å². The fourth-order valence-electron chi connectivity index (χ4n) is 4.66. The van der Waals surface area contributed by atoms with E-state index in [-0.39, 0.29) is 21.3 Å². The Morgan fingerprint density at radius 3 is 2.40 bits per heavy atom. The molecule has 214 valence electrons. The molecule has 1 amide bonds. The van der Waals surface area contributed by atoms with Crippen LogP contribution in [0.5, 0.6) is 11.5 Å². The van der Waals surface area contributed by atoms with E-state index in [1.165, 1.54) is 12.0 Å². The van der Waals surface area contributed by atoms with Crippen LogP contribution in [0.1, 0.15) is 45.0 Å². The van der Waals surface area contributed by atoms with Gasteiger partial charge in [0.2, 0.25) is 0 Å². The second kappa shape index (κ2) is 12.3. The van der Waals surface area contributed by atoms with Gasteiger partial charge in [-0.25, -0.2) is 9.78 Å². The summed E-state index contributed by atoms with van der Waals surface area (Å²) in [5, 5.41) is 11.6. The molecule has 10 heteroatoms. The molecule has 1 atom stereocenters. The molecule has 0 bridgehead atoms. The minimum atomic E-state index is -1.05. The number of aliphatic hydroxyl groups excluding tert-OH is 1. The summed E-state index contributed by atoms with van der Waals surface area (Å²) in [5.74, 6) is -1.60. The van der Waals surface area contributed by atoms with E-state index in [1.807, 2.05) is 37.3 Å². The highest BCUT2D eigenvalue weighted by Gasteiger charge is 2.48. The lowest BCUT2D eigenvalue weighted by Gasteiger charge is -2.23. The smallest absolute Gasteiger partial charge is 0.350 e. The predicted molar refractivity (Wildman–Crippen MR) is 158 cm³/mol. The minimum Gasteiger partial charge on any atom is -0.507 e. The number of benzene rings is 3. The molecule has 0 aliphatic carbocycles. The number of esters is 1. The van der Waals surface area contributed by atoms with E-state index in [2.05, 4.69) is 4.98 Å². The van der Waals surface area contributed by atoms with Crippen molar-refractivity contribution in [1.82, 2.24) is 4.98 Å². The molecule has 1 N–H and O–H groups in total. The monoisotopic (exact) mass is 584 g/mol. The van der Waals surface area contributed by atoms with Crippen molar-refractivity contribution in [3.05, 3.63) is 112 Å². The van der Waals surface area contributed by atoms with E-state index < -0.39 is 23.7 Å². The van der Waals surface area contributed by atoms with Gasteiger partial charge in [-0.2, -0.15) is 0 Å². The van der Waals surface area contributed by atoms with Crippen molar-refractivity contribution in [3.8, 4) is 11.5 Å². The SMILES string of the molecule is CCOc1ccc(/C(O)=C2\C(=O)C(=O)N(c3nc(C)c(C(=O)OC)s3)C2c2cccc(OCc3ccccc3)c2)cc1. The number of aliphatic hydroxyl groups is 1. The van der Waals surface area contributed by atoms with Crippen molar-refractivity contribution in [3.63, 3.8) is 0 Å². The van der Waals surface area contributed by atoms with Crippen LogP contribution in [0.4, 0.5) is 5.13 Å². The zero-order valence-corrected chi connectivity index (χ0v) is 24.0. The lowest BCUT2D eigenvalue weighted by atomic mass is 9.95. The van der Waals surface area contributed by atoms with Crippen LogP contribution in [-0.4, -0.2) is 41.5 Å². The molecular weight excluding hydrogens is 556 g/mol. The second-order valence-corrected chi connectivity index (χ2v) is 10.4. The molecular formula is C32H28N2O7S. The third-order valence-electron chi connectivity index (χ3n) is 6.67. The number of carbonyl (C=O) groups excluding carboxylic acids is 3. The standard InChI is InChI=1S/C32H28N2O7S/c1-4-40-23-15-13-21(14-16-23)27(35)25-26(22-11-8-12-24(17-22)41-18-20-9-6-5-7-10-20)34(30(37)28(25)36)32-33-19(2)29(42-32)31(38)39-3/h5-17,26,35H,4,18H2,1-3H3/b27-25+. The minimum absolute atomic E-state index is 0.114. The summed E-state index contributed by atoms with van der Waals surface area (Å²) < 4.78 is 16.4. The van der Waals surface area contributed by atoms with Crippen LogP contribution in [0.15, 0.2) is 84.4 Å². The third-order valence-corrected chi connectivity index (χ3v) is 7.80. The molecule has 1 aliphatic rings. The average molecular weight is 585 g/mol. The van der Waals surface area contributed by atoms with Crippen molar-refractivity contribution in [2.24, 2.45) is 0 Å². The topological polar surface area (TPSA) is 115 Å². The summed E-state index contributed by atoms with van der Waals surface area (Å²) in [6.07, 6.45) is 0. The number of thiazole rings is 1. The first-order valence-corrected chi connectivity index (χ1v) is 14.0. The fourth-order valence-corrected chi connectivity index (χ4v) is 5.67. The van der Waals surface area contributed by atoms with Crippen LogP contribution >= 0.6 is 11.3 Å². The number of ether oxygens (including phenoxy) is 3. The van der Waals surface area contributed by atoms with E-state index in [0.29, 0.717) is 41.5 Å². The number of amides is 1. The van der Waals surface area contributed by atoms with Gasteiger partial charge in [-0.15, -0.1) is 0 Å². The number of carbonyl (C=O) groups is 3. The molecule has 1 fully saturated rings. The van der Waals surface area contributed by atoms with Crippen LogP contribution in [0.25, 0.3) is 5.76 Å². The number of anilines is 1. The molecule has 0 spiro atoms. The van der Waals surface area contributed by atoms with Crippen molar-refractivity contribution in [1.29, 1.82) is 0 Å². The predicted octanol–water partition coefficient (Wildman–Crippen LogP) is 5.84. The van der Waals surface area contributed by atoms with Crippen molar-refractivity contribution in [2.75, 3.05) is 18.6 Å². The number of nitrogens with zero attached hydrogens (tertiary/aromatic N) is 2. The molecule has 5 rings (SSSR count). The van der Waals surface area contributed by atoms with Gasteiger partial charge < -0.3 is 19.3 Å². The summed E-state index contributed by atoms with van der Waals surface area (Å²) in [6, 6.07) is 22.2. The normalized spacial score (nSPS) is 16.0. The number of ketones is 1. The number of hydrogen-bond acceptors (Lipinski definition) is 9. The number of aryl methyl sites for hydroxylation is 1.